The molecule has 0 fully saturated rings. The Balaban J connectivity index is 3.84. The number of hydrogen-bond donors (Lipinski definition) is 3. The van der Waals surface area contributed by atoms with Gasteiger partial charge in [0.15, 0.2) is 0 Å². The lowest BCUT2D eigenvalue weighted by molar-refractivity contribution is -0.146. The predicted octanol–water partition coefficient (Wildman–Crippen LogP) is 7.75. The number of rotatable bonds is 28. The van der Waals surface area contributed by atoms with E-state index >= 15 is 0 Å². The first-order chi connectivity index (χ1) is 21.8. The van der Waals surface area contributed by atoms with Gasteiger partial charge in [-0.15, -0.1) is 0 Å². The van der Waals surface area contributed by atoms with Gasteiger partial charge in [0.05, 0.1) is 19.6 Å². The fourth-order valence-corrected chi connectivity index (χ4v) is 4.22. The molecule has 0 saturated carbocycles. The number of carbonyl (C=O) groups excluding carboxylic acids is 2. The zero-order chi connectivity index (χ0) is 33.3. The predicted molar refractivity (Wildman–Crippen MR) is 182 cm³/mol. The number of allylic oxidation sites excluding steroid dienone is 13. The van der Waals surface area contributed by atoms with E-state index in [0.717, 1.165) is 57.8 Å². The van der Waals surface area contributed by atoms with Crippen LogP contribution in [0.4, 0.5) is 0 Å². The minimum atomic E-state index is -4.41. The van der Waals surface area contributed by atoms with Gasteiger partial charge in [-0.25, -0.2) is 4.57 Å². The summed E-state index contributed by atoms with van der Waals surface area (Å²) in [5.41, 5.74) is 0. The van der Waals surface area contributed by atoms with Gasteiger partial charge in [-0.05, 0) is 51.4 Å². The van der Waals surface area contributed by atoms with E-state index in [0.29, 0.717) is 12.8 Å². The van der Waals surface area contributed by atoms with Crippen LogP contribution in [0.25, 0.3) is 0 Å². The van der Waals surface area contributed by atoms with E-state index in [-0.39, 0.29) is 32.1 Å². The third kappa shape index (κ3) is 32.4. The molecular formula is C35H56NO8P. The fourth-order valence-electron chi connectivity index (χ4n) is 3.46. The molecule has 254 valence electrons. The molecule has 3 N–H and O–H groups in total. The molecule has 0 bridgehead atoms. The average molecular weight is 650 g/mol. The molecule has 1 amide bonds. The minimum Gasteiger partial charge on any atom is -0.463 e. The Kier molecular flexibility index (Phi) is 29.2. The SMILES string of the molecule is CC/C=C\C/C=C\C/C=C\C/C=C\C/C=C\C/C=C\C/C=C\CC(=O)OCC(O)COP(=O)(O)OCCNC(=O)CCCCC. The highest BCUT2D eigenvalue weighted by molar-refractivity contribution is 7.47. The number of carbonyl (C=O) groups is 2. The number of phosphoric acid groups is 1. The van der Waals surface area contributed by atoms with Crippen LogP contribution in [-0.4, -0.2) is 54.3 Å². The second-order valence-electron chi connectivity index (χ2n) is 10.1. The van der Waals surface area contributed by atoms with Crippen LogP contribution in [0.5, 0.6) is 0 Å². The molecule has 10 heteroatoms. The molecule has 45 heavy (non-hydrogen) atoms. The van der Waals surface area contributed by atoms with E-state index in [1.54, 1.807) is 6.08 Å². The molecule has 2 atom stereocenters. The number of unbranched alkanes of at least 4 members (excludes halogenated alkanes) is 2. The van der Waals surface area contributed by atoms with Crippen molar-refractivity contribution in [3.63, 3.8) is 0 Å². The van der Waals surface area contributed by atoms with Crippen molar-refractivity contribution in [1.82, 2.24) is 5.32 Å². The van der Waals surface area contributed by atoms with E-state index in [9.17, 15) is 24.2 Å². The first-order valence-corrected chi connectivity index (χ1v) is 17.6. The van der Waals surface area contributed by atoms with Crippen molar-refractivity contribution >= 4 is 19.7 Å². The van der Waals surface area contributed by atoms with Crippen molar-refractivity contribution in [2.24, 2.45) is 0 Å². The summed E-state index contributed by atoms with van der Waals surface area (Å²) in [6.45, 7) is 3.09. The molecule has 0 aromatic rings. The lowest BCUT2D eigenvalue weighted by Crippen LogP contribution is -2.27. The Morgan fingerprint density at radius 2 is 1.20 bits per heavy atom. The summed E-state index contributed by atoms with van der Waals surface area (Å²) >= 11 is 0. The van der Waals surface area contributed by atoms with Crippen molar-refractivity contribution in [1.29, 1.82) is 0 Å². The summed E-state index contributed by atoms with van der Waals surface area (Å²) in [5, 5.41) is 12.5. The van der Waals surface area contributed by atoms with Gasteiger partial charge < -0.3 is 20.1 Å². The maximum atomic E-state index is 11.9. The molecule has 0 spiro atoms. The first kappa shape index (κ1) is 42.2. The highest BCUT2D eigenvalue weighted by Gasteiger charge is 2.23. The molecule has 0 aromatic heterocycles. The third-order valence-electron chi connectivity index (χ3n) is 5.87. The van der Waals surface area contributed by atoms with E-state index < -0.39 is 26.5 Å². The van der Waals surface area contributed by atoms with Crippen molar-refractivity contribution in [2.45, 2.75) is 97.0 Å². The Bertz CT molecular complexity index is 1010. The zero-order valence-electron chi connectivity index (χ0n) is 27.3. The molecular weight excluding hydrogens is 593 g/mol. The third-order valence-corrected chi connectivity index (χ3v) is 6.86. The normalized spacial score (nSPS) is 14.7. The van der Waals surface area contributed by atoms with Crippen LogP contribution in [0, 0.1) is 0 Å². The summed E-state index contributed by atoms with van der Waals surface area (Å²) in [6.07, 6.45) is 37.6. The van der Waals surface area contributed by atoms with Crippen molar-refractivity contribution in [3.8, 4) is 0 Å². The highest BCUT2D eigenvalue weighted by atomic mass is 31.2. The summed E-state index contributed by atoms with van der Waals surface area (Å²) in [4.78, 5) is 33.1. The maximum Gasteiger partial charge on any atom is 0.472 e. The van der Waals surface area contributed by atoms with E-state index in [4.69, 9.17) is 13.8 Å². The van der Waals surface area contributed by atoms with Crippen LogP contribution in [-0.2, 0) is 27.9 Å². The van der Waals surface area contributed by atoms with Crippen molar-refractivity contribution < 1.29 is 37.9 Å². The van der Waals surface area contributed by atoms with Gasteiger partial charge in [-0.1, -0.05) is 112 Å². The summed E-state index contributed by atoms with van der Waals surface area (Å²) in [7, 11) is -4.41. The molecule has 0 aliphatic heterocycles. The largest absolute Gasteiger partial charge is 0.472 e. The van der Waals surface area contributed by atoms with Gasteiger partial charge >= 0.3 is 13.8 Å². The number of aliphatic hydroxyl groups excluding tert-OH is 1. The Hall–Kier alpha value is -2.81. The number of phosphoric ester groups is 1. The van der Waals surface area contributed by atoms with Crippen LogP contribution in [0.15, 0.2) is 85.1 Å². The molecule has 0 aliphatic carbocycles. The van der Waals surface area contributed by atoms with Gasteiger partial charge in [0, 0.05) is 13.0 Å². The van der Waals surface area contributed by atoms with Gasteiger partial charge in [0.25, 0.3) is 0 Å². The van der Waals surface area contributed by atoms with E-state index in [2.05, 4.69) is 79.1 Å². The summed E-state index contributed by atoms with van der Waals surface area (Å²) in [6, 6.07) is 0. The molecule has 0 heterocycles. The highest BCUT2D eigenvalue weighted by Crippen LogP contribution is 2.42. The van der Waals surface area contributed by atoms with Gasteiger partial charge in [0.1, 0.15) is 12.7 Å². The second kappa shape index (κ2) is 31.2. The van der Waals surface area contributed by atoms with Crippen LogP contribution in [0.1, 0.15) is 90.9 Å². The lowest BCUT2D eigenvalue weighted by Gasteiger charge is -2.15. The molecule has 2 unspecified atom stereocenters. The Morgan fingerprint density at radius 3 is 1.69 bits per heavy atom. The number of hydrogen-bond acceptors (Lipinski definition) is 7. The molecule has 0 rings (SSSR count). The summed E-state index contributed by atoms with van der Waals surface area (Å²) in [5.74, 6) is -0.687. The van der Waals surface area contributed by atoms with Gasteiger partial charge in [-0.3, -0.25) is 18.6 Å². The summed E-state index contributed by atoms with van der Waals surface area (Å²) < 4.78 is 26.3. The first-order valence-electron chi connectivity index (χ1n) is 16.1. The molecule has 0 radical (unpaired) electrons. The monoisotopic (exact) mass is 649 g/mol. The molecule has 9 nitrogen and oxygen atoms in total. The number of ether oxygens (including phenoxy) is 1. The van der Waals surface area contributed by atoms with Gasteiger partial charge in [0.2, 0.25) is 5.91 Å². The second-order valence-corrected chi connectivity index (χ2v) is 11.5. The zero-order valence-corrected chi connectivity index (χ0v) is 28.2. The standard InChI is InChI=1S/C35H56NO8P/c1-3-5-7-8-9-10-11-12-13-14-15-16-17-18-19-20-21-22-23-24-26-28-35(39)42-31-33(37)32-44-45(40,41)43-30-29-36-34(38)27-25-6-4-2/h5,7,9-10,12-13,15-16,18-19,21-22,24,26,33,37H,3-4,6,8,11,14,17,20,23,25,27-32H2,1-2H3,(H,36,38)(H,40,41)/b7-5-,10-9-,13-12-,16-15-,19-18-,22-21-,26-24-. The van der Waals surface area contributed by atoms with Crippen molar-refractivity contribution in [3.05, 3.63) is 85.1 Å². The Labute approximate surface area is 271 Å². The molecule has 0 aromatic carbocycles. The lowest BCUT2D eigenvalue weighted by atomic mass is 10.2. The maximum absolute atomic E-state index is 11.9. The topological polar surface area (TPSA) is 131 Å². The quantitative estimate of drug-likeness (QED) is 0.0339. The van der Waals surface area contributed by atoms with Crippen molar-refractivity contribution in [2.75, 3.05) is 26.4 Å². The number of nitrogens with one attached hydrogen (secondary N) is 1. The average Bonchev–Trinajstić information content (AvgIpc) is 3.02. The number of esters is 1. The number of aliphatic hydroxyl groups is 1. The van der Waals surface area contributed by atoms with Crippen LogP contribution >= 0.6 is 7.82 Å². The van der Waals surface area contributed by atoms with Gasteiger partial charge in [-0.2, -0.15) is 0 Å². The van der Waals surface area contributed by atoms with Crippen LogP contribution < -0.4 is 5.32 Å². The molecule has 0 saturated heterocycles. The number of amides is 1. The minimum absolute atomic E-state index is 0.0436. The Morgan fingerprint density at radius 1 is 0.711 bits per heavy atom. The van der Waals surface area contributed by atoms with Crippen LogP contribution in [0.2, 0.25) is 0 Å². The fraction of sp³-hybridized carbons (Fsp3) is 0.543. The van der Waals surface area contributed by atoms with E-state index in [1.807, 2.05) is 19.1 Å². The van der Waals surface area contributed by atoms with E-state index in [1.165, 1.54) is 0 Å². The van der Waals surface area contributed by atoms with Crippen LogP contribution in [0.3, 0.4) is 0 Å². The molecule has 0 aliphatic rings. The smallest absolute Gasteiger partial charge is 0.463 e.